The zero-order valence-electron chi connectivity index (χ0n) is 15.9. The number of aryl methyl sites for hydroxylation is 4. The summed E-state index contributed by atoms with van der Waals surface area (Å²) in [6, 6.07) is 10.2. The summed E-state index contributed by atoms with van der Waals surface area (Å²) in [6.45, 7) is 9.58. The first-order valence-electron chi connectivity index (χ1n) is 8.99. The molecular weight excluding hydrogens is 324 g/mol. The van der Waals surface area contributed by atoms with Crippen molar-refractivity contribution >= 4 is 5.91 Å². The Kier molecular flexibility index (Phi) is 5.26. The summed E-state index contributed by atoms with van der Waals surface area (Å²) in [7, 11) is 0. The highest BCUT2D eigenvalue weighted by Crippen LogP contribution is 2.23. The van der Waals surface area contributed by atoms with Crippen LogP contribution < -0.4 is 5.32 Å². The van der Waals surface area contributed by atoms with E-state index >= 15 is 0 Å². The van der Waals surface area contributed by atoms with Crippen molar-refractivity contribution in [3.63, 3.8) is 0 Å². The van der Waals surface area contributed by atoms with Crippen LogP contribution in [0, 0.1) is 27.7 Å². The smallest absolute Gasteiger partial charge is 0.253 e. The molecule has 0 atom stereocenters. The molecule has 1 aromatic carbocycles. The maximum atomic E-state index is 12.6. The molecule has 0 spiro atoms. The summed E-state index contributed by atoms with van der Waals surface area (Å²) < 4.78 is 4.06. The Bertz CT molecular complexity index is 920. The minimum absolute atomic E-state index is 0.0189. The van der Waals surface area contributed by atoms with E-state index in [-0.39, 0.29) is 5.91 Å². The van der Waals surface area contributed by atoms with E-state index in [1.54, 1.807) is 0 Å². The Morgan fingerprint density at radius 1 is 1.15 bits per heavy atom. The zero-order valence-corrected chi connectivity index (χ0v) is 15.9. The van der Waals surface area contributed by atoms with Crippen molar-refractivity contribution in [1.82, 2.24) is 19.7 Å². The van der Waals surface area contributed by atoms with Gasteiger partial charge in [0.25, 0.3) is 5.91 Å². The lowest BCUT2D eigenvalue weighted by molar-refractivity contribution is 0.0952. The SMILES string of the molecule is Cc1cnn(CCCNC(=O)c2cc(C)n(-c3ccccc3C)c2C)c1. The van der Waals surface area contributed by atoms with Crippen LogP contribution in [0.3, 0.4) is 0 Å². The normalized spacial score (nSPS) is 10.9. The van der Waals surface area contributed by atoms with Crippen molar-refractivity contribution in [3.8, 4) is 5.69 Å². The number of hydrogen-bond acceptors (Lipinski definition) is 2. The predicted octanol–water partition coefficient (Wildman–Crippen LogP) is 3.73. The number of para-hydroxylation sites is 1. The molecule has 3 rings (SSSR count). The molecule has 0 bridgehead atoms. The molecule has 26 heavy (non-hydrogen) atoms. The topological polar surface area (TPSA) is 51.9 Å². The average molecular weight is 350 g/mol. The Hall–Kier alpha value is -2.82. The minimum atomic E-state index is -0.0189. The molecule has 0 radical (unpaired) electrons. The quantitative estimate of drug-likeness (QED) is 0.689. The van der Waals surface area contributed by atoms with Gasteiger partial charge in [0.2, 0.25) is 0 Å². The molecule has 2 aromatic heterocycles. The number of hydrogen-bond donors (Lipinski definition) is 1. The van der Waals surface area contributed by atoms with Crippen LogP contribution in [-0.2, 0) is 6.54 Å². The Morgan fingerprint density at radius 3 is 2.62 bits per heavy atom. The first kappa shape index (κ1) is 18.0. The maximum Gasteiger partial charge on any atom is 0.253 e. The molecular formula is C21H26N4O. The number of nitrogens with one attached hydrogen (secondary N) is 1. The molecule has 1 N–H and O–H groups in total. The fourth-order valence-electron chi connectivity index (χ4n) is 3.31. The molecule has 0 aliphatic rings. The van der Waals surface area contributed by atoms with Gasteiger partial charge in [0.15, 0.2) is 0 Å². The largest absolute Gasteiger partial charge is 0.352 e. The van der Waals surface area contributed by atoms with Gasteiger partial charge in [-0.2, -0.15) is 5.10 Å². The van der Waals surface area contributed by atoms with Gasteiger partial charge in [-0.25, -0.2) is 0 Å². The first-order chi connectivity index (χ1) is 12.5. The summed E-state index contributed by atoms with van der Waals surface area (Å²) in [5.74, 6) is -0.0189. The summed E-state index contributed by atoms with van der Waals surface area (Å²) in [4.78, 5) is 12.6. The number of nitrogens with zero attached hydrogens (tertiary/aromatic N) is 3. The molecule has 0 saturated heterocycles. The molecule has 3 aromatic rings. The van der Waals surface area contributed by atoms with Gasteiger partial charge < -0.3 is 9.88 Å². The van der Waals surface area contributed by atoms with E-state index in [2.05, 4.69) is 34.0 Å². The lowest BCUT2D eigenvalue weighted by Crippen LogP contribution is -2.25. The summed E-state index contributed by atoms with van der Waals surface area (Å²) >= 11 is 0. The standard InChI is InChI=1S/C21H26N4O/c1-15-13-23-24(14-15)11-7-10-22-21(26)19-12-17(3)25(18(19)4)20-9-6-5-8-16(20)2/h5-6,8-9,12-14H,7,10-11H2,1-4H3,(H,22,26). The number of rotatable bonds is 6. The van der Waals surface area contributed by atoms with Crippen LogP contribution in [0.4, 0.5) is 0 Å². The van der Waals surface area contributed by atoms with E-state index in [4.69, 9.17) is 0 Å². The van der Waals surface area contributed by atoms with E-state index in [1.165, 1.54) is 5.56 Å². The van der Waals surface area contributed by atoms with Crippen LogP contribution in [-0.4, -0.2) is 26.8 Å². The van der Waals surface area contributed by atoms with Gasteiger partial charge in [-0.1, -0.05) is 18.2 Å². The molecule has 0 saturated carbocycles. The van der Waals surface area contributed by atoms with Crippen LogP contribution >= 0.6 is 0 Å². The van der Waals surface area contributed by atoms with Crippen LogP contribution in [0.2, 0.25) is 0 Å². The summed E-state index contributed by atoms with van der Waals surface area (Å²) in [6.07, 6.45) is 4.71. The van der Waals surface area contributed by atoms with Crippen molar-refractivity contribution in [2.45, 2.75) is 40.7 Å². The molecule has 5 nitrogen and oxygen atoms in total. The maximum absolute atomic E-state index is 12.6. The third kappa shape index (κ3) is 3.72. The summed E-state index contributed by atoms with van der Waals surface area (Å²) in [5, 5.41) is 7.29. The first-order valence-corrected chi connectivity index (χ1v) is 8.99. The molecule has 0 unspecified atom stereocenters. The molecule has 2 heterocycles. The average Bonchev–Trinajstić information content (AvgIpc) is 3.15. The van der Waals surface area contributed by atoms with Crippen LogP contribution in [0.5, 0.6) is 0 Å². The second-order valence-corrected chi connectivity index (χ2v) is 6.80. The van der Waals surface area contributed by atoms with Gasteiger partial charge in [-0.15, -0.1) is 0 Å². The molecule has 0 aliphatic carbocycles. The van der Waals surface area contributed by atoms with E-state index in [0.717, 1.165) is 41.2 Å². The zero-order chi connectivity index (χ0) is 18.7. The molecule has 136 valence electrons. The third-order valence-corrected chi connectivity index (χ3v) is 4.64. The lowest BCUT2D eigenvalue weighted by atomic mass is 10.2. The number of benzene rings is 1. The molecule has 0 fully saturated rings. The van der Waals surface area contributed by atoms with Crippen molar-refractivity contribution in [2.75, 3.05) is 6.54 Å². The Morgan fingerprint density at radius 2 is 1.92 bits per heavy atom. The molecule has 1 amide bonds. The fraction of sp³-hybridized carbons (Fsp3) is 0.333. The van der Waals surface area contributed by atoms with Gasteiger partial charge in [0.1, 0.15) is 0 Å². The highest BCUT2D eigenvalue weighted by atomic mass is 16.1. The third-order valence-electron chi connectivity index (χ3n) is 4.64. The number of aromatic nitrogens is 3. The van der Waals surface area contributed by atoms with Crippen molar-refractivity contribution in [2.24, 2.45) is 0 Å². The predicted molar refractivity (Wildman–Crippen MR) is 104 cm³/mol. The van der Waals surface area contributed by atoms with Gasteiger partial charge in [-0.3, -0.25) is 9.48 Å². The number of carbonyl (C=O) groups excluding carboxylic acids is 1. The van der Waals surface area contributed by atoms with Crippen molar-refractivity contribution in [1.29, 1.82) is 0 Å². The van der Waals surface area contributed by atoms with E-state index in [9.17, 15) is 4.79 Å². The monoisotopic (exact) mass is 350 g/mol. The number of amides is 1. The van der Waals surface area contributed by atoms with E-state index < -0.39 is 0 Å². The Labute approximate surface area is 154 Å². The van der Waals surface area contributed by atoms with E-state index in [1.807, 2.05) is 56.0 Å². The molecule has 0 aliphatic heterocycles. The molecule has 5 heteroatoms. The highest BCUT2D eigenvalue weighted by molar-refractivity contribution is 5.95. The number of carbonyl (C=O) groups is 1. The second-order valence-electron chi connectivity index (χ2n) is 6.80. The fourth-order valence-corrected chi connectivity index (χ4v) is 3.31. The highest BCUT2D eigenvalue weighted by Gasteiger charge is 2.17. The minimum Gasteiger partial charge on any atom is -0.352 e. The Balaban J connectivity index is 1.66. The van der Waals surface area contributed by atoms with Gasteiger partial charge >= 0.3 is 0 Å². The lowest BCUT2D eigenvalue weighted by Gasteiger charge is -2.12. The van der Waals surface area contributed by atoms with Gasteiger partial charge in [0.05, 0.1) is 11.8 Å². The second kappa shape index (κ2) is 7.60. The van der Waals surface area contributed by atoms with Crippen molar-refractivity contribution in [3.05, 3.63) is 70.8 Å². The van der Waals surface area contributed by atoms with Gasteiger partial charge in [0, 0.05) is 36.4 Å². The van der Waals surface area contributed by atoms with E-state index in [0.29, 0.717) is 6.54 Å². The van der Waals surface area contributed by atoms with Gasteiger partial charge in [-0.05, 0) is 57.4 Å². The van der Waals surface area contributed by atoms with Crippen LogP contribution in [0.15, 0.2) is 42.7 Å². The summed E-state index contributed by atoms with van der Waals surface area (Å²) in [5.41, 5.74) is 6.23. The van der Waals surface area contributed by atoms with Crippen molar-refractivity contribution < 1.29 is 4.79 Å². The van der Waals surface area contributed by atoms with Crippen LogP contribution in [0.25, 0.3) is 5.69 Å². The van der Waals surface area contributed by atoms with Crippen LogP contribution in [0.1, 0.15) is 39.3 Å².